The fourth-order valence-electron chi connectivity index (χ4n) is 1.93. The number of Topliss-reactive ketones (excluding diaryl/α,β-unsaturated/α-hetero) is 1. The highest BCUT2D eigenvalue weighted by Gasteiger charge is 2.19. The molecule has 7 heteroatoms. The van der Waals surface area contributed by atoms with Gasteiger partial charge in [-0.1, -0.05) is 19.9 Å². The van der Waals surface area contributed by atoms with Gasteiger partial charge < -0.3 is 14.3 Å². The first-order chi connectivity index (χ1) is 10.9. The molecule has 7 nitrogen and oxygen atoms in total. The van der Waals surface area contributed by atoms with E-state index in [-0.39, 0.29) is 23.7 Å². The summed E-state index contributed by atoms with van der Waals surface area (Å²) in [5, 5.41) is 12.3. The number of ketones is 1. The molecule has 0 spiro atoms. The van der Waals surface area contributed by atoms with Gasteiger partial charge in [0.2, 0.25) is 0 Å². The Morgan fingerprint density at radius 2 is 2.17 bits per heavy atom. The van der Waals surface area contributed by atoms with E-state index in [4.69, 9.17) is 4.42 Å². The number of hydrogen-bond donors (Lipinski definition) is 2. The Bertz CT molecular complexity index is 646. The van der Waals surface area contributed by atoms with E-state index in [0.29, 0.717) is 18.6 Å². The normalized spacial score (nSPS) is 12.1. The minimum Gasteiger partial charge on any atom is -0.507 e. The molecule has 1 aromatic heterocycles. The van der Waals surface area contributed by atoms with Crippen molar-refractivity contribution in [3.63, 3.8) is 0 Å². The van der Waals surface area contributed by atoms with E-state index in [1.807, 2.05) is 6.92 Å². The second-order valence-corrected chi connectivity index (χ2v) is 4.99. The number of ether oxygens (including phenoxy) is 1. The molecule has 23 heavy (non-hydrogen) atoms. The van der Waals surface area contributed by atoms with Crippen LogP contribution in [0.2, 0.25) is 0 Å². The molecule has 0 radical (unpaired) electrons. The molecule has 1 aromatic rings. The van der Waals surface area contributed by atoms with Crippen LogP contribution in [-0.4, -0.2) is 24.1 Å². The van der Waals surface area contributed by atoms with Gasteiger partial charge in [-0.05, 0) is 12.8 Å². The Morgan fingerprint density at radius 1 is 1.48 bits per heavy atom. The van der Waals surface area contributed by atoms with Gasteiger partial charge in [-0.3, -0.25) is 10.1 Å². The number of methoxy groups -OCH3 is 1. The number of nitrogens with one attached hydrogen (secondary N) is 1. The van der Waals surface area contributed by atoms with Crippen molar-refractivity contribution in [2.45, 2.75) is 39.0 Å². The zero-order valence-corrected chi connectivity index (χ0v) is 13.4. The smallest absolute Gasteiger partial charge is 0.410 e. The predicted octanol–water partition coefficient (Wildman–Crippen LogP) is 2.69. The zero-order chi connectivity index (χ0) is 17.4. The Kier molecular flexibility index (Phi) is 7.05. The van der Waals surface area contributed by atoms with Crippen LogP contribution in [-0.2, 0) is 4.74 Å². The lowest BCUT2D eigenvalue weighted by Crippen LogP contribution is -2.16. The van der Waals surface area contributed by atoms with Gasteiger partial charge in [-0.25, -0.2) is 9.59 Å². The molecule has 0 saturated carbocycles. The Balaban J connectivity index is 2.71. The highest BCUT2D eigenvalue weighted by molar-refractivity contribution is 5.97. The molecule has 0 saturated heterocycles. The van der Waals surface area contributed by atoms with Gasteiger partial charge in [-0.2, -0.15) is 0 Å². The van der Waals surface area contributed by atoms with Crippen molar-refractivity contribution in [3.05, 3.63) is 40.1 Å². The van der Waals surface area contributed by atoms with Gasteiger partial charge in [0.25, 0.3) is 0 Å². The SMILES string of the molecule is CCC(=O)c1c(O)cc(C(C)CC/C=C/NC(=O)OC)oc1=O. The molecule has 0 aromatic carbocycles. The molecule has 0 bridgehead atoms. The van der Waals surface area contributed by atoms with Crippen LogP contribution in [0, 0.1) is 0 Å². The van der Waals surface area contributed by atoms with Gasteiger partial charge >= 0.3 is 11.7 Å². The third-order valence-corrected chi connectivity index (χ3v) is 3.31. The summed E-state index contributed by atoms with van der Waals surface area (Å²) >= 11 is 0. The number of hydrogen-bond acceptors (Lipinski definition) is 6. The summed E-state index contributed by atoms with van der Waals surface area (Å²) in [5.41, 5.74) is -1.12. The fourth-order valence-corrected chi connectivity index (χ4v) is 1.93. The number of rotatable bonds is 7. The molecule has 2 N–H and O–H groups in total. The maximum atomic E-state index is 11.8. The van der Waals surface area contributed by atoms with E-state index < -0.39 is 17.5 Å². The average Bonchev–Trinajstić information content (AvgIpc) is 2.52. The lowest BCUT2D eigenvalue weighted by Gasteiger charge is -2.10. The topological polar surface area (TPSA) is 106 Å². The molecule has 126 valence electrons. The van der Waals surface area contributed by atoms with Gasteiger partial charge in [-0.15, -0.1) is 0 Å². The summed E-state index contributed by atoms with van der Waals surface area (Å²) in [6, 6.07) is 1.31. The van der Waals surface area contributed by atoms with Crippen LogP contribution in [0.5, 0.6) is 5.75 Å². The van der Waals surface area contributed by atoms with Gasteiger partial charge in [0, 0.05) is 24.6 Å². The monoisotopic (exact) mass is 323 g/mol. The molecular weight excluding hydrogens is 302 g/mol. The van der Waals surface area contributed by atoms with E-state index in [1.165, 1.54) is 19.4 Å². The van der Waals surface area contributed by atoms with E-state index in [0.717, 1.165) is 0 Å². The molecule has 1 unspecified atom stereocenters. The van der Waals surface area contributed by atoms with Crippen molar-refractivity contribution in [1.29, 1.82) is 0 Å². The summed E-state index contributed by atoms with van der Waals surface area (Å²) in [6.45, 7) is 3.44. The average molecular weight is 323 g/mol. The highest BCUT2D eigenvalue weighted by atomic mass is 16.5. The minimum absolute atomic E-state index is 0.116. The number of aromatic hydroxyl groups is 1. The second kappa shape index (κ2) is 8.77. The summed E-state index contributed by atoms with van der Waals surface area (Å²) < 4.78 is 9.54. The van der Waals surface area contributed by atoms with Crippen LogP contribution >= 0.6 is 0 Å². The van der Waals surface area contributed by atoms with Gasteiger partial charge in [0.15, 0.2) is 5.78 Å². The largest absolute Gasteiger partial charge is 0.507 e. The van der Waals surface area contributed by atoms with E-state index >= 15 is 0 Å². The van der Waals surface area contributed by atoms with Gasteiger partial charge in [0.05, 0.1) is 7.11 Å². The number of alkyl carbamates (subject to hydrolysis) is 1. The maximum absolute atomic E-state index is 11.8. The number of amides is 1. The molecule has 1 atom stereocenters. The Labute approximate surface area is 134 Å². The van der Waals surface area contributed by atoms with Crippen molar-refractivity contribution < 1.29 is 23.8 Å². The zero-order valence-electron chi connectivity index (χ0n) is 13.4. The van der Waals surface area contributed by atoms with Crippen molar-refractivity contribution in [2.75, 3.05) is 7.11 Å². The minimum atomic E-state index is -0.818. The summed E-state index contributed by atoms with van der Waals surface area (Å²) in [6.07, 6.45) is 4.01. The van der Waals surface area contributed by atoms with E-state index in [2.05, 4.69) is 10.1 Å². The number of carbonyl (C=O) groups excluding carboxylic acids is 2. The van der Waals surface area contributed by atoms with Crippen LogP contribution in [0.3, 0.4) is 0 Å². The van der Waals surface area contributed by atoms with Crippen LogP contribution in [0.15, 0.2) is 27.6 Å². The third-order valence-electron chi connectivity index (χ3n) is 3.31. The molecule has 0 aliphatic carbocycles. The van der Waals surface area contributed by atoms with Crippen LogP contribution in [0.4, 0.5) is 4.79 Å². The molecule has 0 aliphatic rings. The standard InChI is InChI=1S/C16H21NO6/c1-4-11(18)14-12(19)9-13(23-15(14)20)10(2)7-5-6-8-17-16(21)22-3/h6,8-10,19H,4-5,7H2,1-3H3,(H,17,21)/b8-6+. The van der Waals surface area contributed by atoms with Crippen LogP contribution in [0.1, 0.15) is 55.1 Å². The van der Waals surface area contributed by atoms with Crippen molar-refractivity contribution in [2.24, 2.45) is 0 Å². The molecule has 0 fully saturated rings. The van der Waals surface area contributed by atoms with Crippen LogP contribution < -0.4 is 10.9 Å². The van der Waals surface area contributed by atoms with Crippen molar-refractivity contribution >= 4 is 11.9 Å². The molecule has 1 heterocycles. The Hall–Kier alpha value is -2.57. The van der Waals surface area contributed by atoms with Gasteiger partial charge in [0.1, 0.15) is 17.1 Å². The highest BCUT2D eigenvalue weighted by Crippen LogP contribution is 2.25. The van der Waals surface area contributed by atoms with Crippen molar-refractivity contribution in [3.8, 4) is 5.75 Å². The first-order valence-electron chi connectivity index (χ1n) is 7.30. The number of carbonyl (C=O) groups is 2. The quantitative estimate of drug-likeness (QED) is 0.747. The molecule has 1 rings (SSSR count). The maximum Gasteiger partial charge on any atom is 0.410 e. The summed E-state index contributed by atoms with van der Waals surface area (Å²) in [5.74, 6) is -0.623. The number of allylic oxidation sites excluding steroid dienone is 1. The first kappa shape index (κ1) is 18.5. The van der Waals surface area contributed by atoms with E-state index in [9.17, 15) is 19.5 Å². The first-order valence-corrected chi connectivity index (χ1v) is 7.30. The fraction of sp³-hybridized carbons (Fsp3) is 0.438. The predicted molar refractivity (Wildman–Crippen MR) is 83.6 cm³/mol. The molecule has 0 aliphatic heterocycles. The van der Waals surface area contributed by atoms with E-state index in [1.54, 1.807) is 13.0 Å². The van der Waals surface area contributed by atoms with Crippen molar-refractivity contribution in [1.82, 2.24) is 5.32 Å². The summed E-state index contributed by atoms with van der Waals surface area (Å²) in [4.78, 5) is 34.2. The van der Waals surface area contributed by atoms with Crippen LogP contribution in [0.25, 0.3) is 0 Å². The summed E-state index contributed by atoms with van der Waals surface area (Å²) in [7, 11) is 1.27. The lowest BCUT2D eigenvalue weighted by molar-refractivity contribution is 0.0980. The Morgan fingerprint density at radius 3 is 2.74 bits per heavy atom. The molecule has 1 amide bonds. The third kappa shape index (κ3) is 5.28. The second-order valence-electron chi connectivity index (χ2n) is 4.99. The molecular formula is C16H21NO6. The lowest BCUT2D eigenvalue weighted by atomic mass is 10.0.